The number of aryl methyl sites for hydroxylation is 1. The third-order valence-corrected chi connectivity index (χ3v) is 3.79. The summed E-state index contributed by atoms with van der Waals surface area (Å²) in [6.07, 6.45) is 3.29. The van der Waals surface area contributed by atoms with E-state index in [0.717, 1.165) is 18.4 Å². The first kappa shape index (κ1) is 15.2. The molecular weight excluding hydrogens is 274 g/mol. The minimum Gasteiger partial charge on any atom is -0.388 e. The lowest BCUT2D eigenvalue weighted by atomic mass is 10.0. The number of urea groups is 1. The highest BCUT2D eigenvalue weighted by Crippen LogP contribution is 2.28. The molecule has 1 fully saturated rings. The van der Waals surface area contributed by atoms with Crippen LogP contribution < -0.4 is 10.6 Å². The van der Waals surface area contributed by atoms with E-state index < -0.39 is 16.6 Å². The van der Waals surface area contributed by atoms with Gasteiger partial charge >= 0.3 is 6.03 Å². The van der Waals surface area contributed by atoms with Crippen LogP contribution in [0.25, 0.3) is 0 Å². The number of nitro benzene ring substituents is 1. The maximum absolute atomic E-state index is 11.8. The second-order valence-corrected chi connectivity index (χ2v) is 5.50. The maximum Gasteiger partial charge on any atom is 0.319 e. The normalized spacial score (nSPS) is 16.5. The SMILES string of the molecule is Cc1ccc([N+](=O)[O-])cc1NC(=O)NCC1(O)CCCC1. The standard InChI is InChI=1S/C14H19N3O4/c1-10-4-5-11(17(20)21)8-12(10)16-13(18)15-9-14(19)6-2-3-7-14/h4-5,8,19H,2-3,6-7,9H2,1H3,(H2,15,16,18). The molecule has 1 aromatic rings. The monoisotopic (exact) mass is 293 g/mol. The van der Waals surface area contributed by atoms with Gasteiger partial charge in [0.2, 0.25) is 0 Å². The van der Waals surface area contributed by atoms with Crippen molar-refractivity contribution in [2.24, 2.45) is 0 Å². The zero-order chi connectivity index (χ0) is 15.5. The van der Waals surface area contributed by atoms with E-state index in [1.165, 1.54) is 12.1 Å². The zero-order valence-electron chi connectivity index (χ0n) is 11.9. The topological polar surface area (TPSA) is 105 Å². The number of aliphatic hydroxyl groups is 1. The second kappa shape index (κ2) is 6.09. The van der Waals surface area contributed by atoms with Crippen LogP contribution in [0.4, 0.5) is 16.2 Å². The van der Waals surface area contributed by atoms with Gasteiger partial charge in [0.05, 0.1) is 16.2 Å². The lowest BCUT2D eigenvalue weighted by molar-refractivity contribution is -0.384. The Hall–Kier alpha value is -2.15. The summed E-state index contributed by atoms with van der Waals surface area (Å²) in [6, 6.07) is 3.82. The number of hydrogen-bond acceptors (Lipinski definition) is 4. The van der Waals surface area contributed by atoms with Crippen molar-refractivity contribution >= 4 is 17.4 Å². The van der Waals surface area contributed by atoms with E-state index >= 15 is 0 Å². The number of anilines is 1. The Kier molecular flexibility index (Phi) is 4.42. The second-order valence-electron chi connectivity index (χ2n) is 5.50. The summed E-state index contributed by atoms with van der Waals surface area (Å²) in [5, 5.41) is 26.1. The van der Waals surface area contributed by atoms with E-state index in [0.29, 0.717) is 18.5 Å². The number of carbonyl (C=O) groups excluding carboxylic acids is 1. The molecule has 3 N–H and O–H groups in total. The van der Waals surface area contributed by atoms with Gasteiger partial charge in [0.1, 0.15) is 0 Å². The number of nitrogens with zero attached hydrogens (tertiary/aromatic N) is 1. The third-order valence-electron chi connectivity index (χ3n) is 3.79. The molecule has 1 saturated carbocycles. The molecule has 0 atom stereocenters. The summed E-state index contributed by atoms with van der Waals surface area (Å²) in [5.41, 5.74) is 0.218. The maximum atomic E-state index is 11.8. The number of amides is 2. The molecule has 2 amide bonds. The van der Waals surface area contributed by atoms with Gasteiger partial charge in [-0.25, -0.2) is 4.79 Å². The van der Waals surface area contributed by atoms with E-state index in [1.54, 1.807) is 13.0 Å². The average Bonchev–Trinajstić information content (AvgIpc) is 2.86. The number of non-ortho nitro benzene ring substituents is 1. The fourth-order valence-corrected chi connectivity index (χ4v) is 2.48. The molecule has 1 aromatic carbocycles. The molecule has 7 heteroatoms. The largest absolute Gasteiger partial charge is 0.388 e. The first-order chi connectivity index (χ1) is 9.89. The molecule has 1 aliphatic carbocycles. The predicted molar refractivity (Wildman–Crippen MR) is 78.3 cm³/mol. The van der Waals surface area contributed by atoms with E-state index in [1.807, 2.05) is 0 Å². The van der Waals surface area contributed by atoms with Crippen molar-refractivity contribution < 1.29 is 14.8 Å². The molecule has 0 radical (unpaired) electrons. The Morgan fingerprint density at radius 2 is 2.10 bits per heavy atom. The van der Waals surface area contributed by atoms with Crippen molar-refractivity contribution in [1.29, 1.82) is 0 Å². The number of nitrogens with one attached hydrogen (secondary N) is 2. The molecule has 0 spiro atoms. The summed E-state index contributed by atoms with van der Waals surface area (Å²) in [6.45, 7) is 1.94. The minimum absolute atomic E-state index is 0.0784. The van der Waals surface area contributed by atoms with Crippen LogP contribution >= 0.6 is 0 Å². The molecule has 1 aliphatic rings. The number of hydrogen-bond donors (Lipinski definition) is 3. The molecule has 0 heterocycles. The van der Waals surface area contributed by atoms with Crippen molar-refractivity contribution in [3.8, 4) is 0 Å². The lowest BCUT2D eigenvalue weighted by Gasteiger charge is -2.22. The minimum atomic E-state index is -0.824. The van der Waals surface area contributed by atoms with Gasteiger partial charge in [-0.2, -0.15) is 0 Å². The van der Waals surface area contributed by atoms with Gasteiger partial charge in [-0.3, -0.25) is 10.1 Å². The zero-order valence-corrected chi connectivity index (χ0v) is 11.9. The van der Waals surface area contributed by atoms with Crippen LogP contribution in [0.3, 0.4) is 0 Å². The summed E-state index contributed by atoms with van der Waals surface area (Å²) < 4.78 is 0. The number of nitro groups is 1. The number of benzene rings is 1. The number of rotatable bonds is 4. The predicted octanol–water partition coefficient (Wildman–Crippen LogP) is 2.33. The van der Waals surface area contributed by atoms with E-state index in [2.05, 4.69) is 10.6 Å². The van der Waals surface area contributed by atoms with Gasteiger partial charge in [-0.15, -0.1) is 0 Å². The molecule has 0 unspecified atom stereocenters. The van der Waals surface area contributed by atoms with Crippen LogP contribution in [-0.2, 0) is 0 Å². The van der Waals surface area contributed by atoms with Gasteiger partial charge in [0.25, 0.3) is 5.69 Å². The molecule has 21 heavy (non-hydrogen) atoms. The number of carbonyl (C=O) groups is 1. The van der Waals surface area contributed by atoms with E-state index in [9.17, 15) is 20.0 Å². The summed E-state index contributed by atoms with van der Waals surface area (Å²) in [7, 11) is 0. The van der Waals surface area contributed by atoms with Gasteiger partial charge in [0.15, 0.2) is 0 Å². The van der Waals surface area contributed by atoms with Crippen LogP contribution in [0.15, 0.2) is 18.2 Å². The average molecular weight is 293 g/mol. The first-order valence-electron chi connectivity index (χ1n) is 6.92. The first-order valence-corrected chi connectivity index (χ1v) is 6.92. The smallest absolute Gasteiger partial charge is 0.319 e. The van der Waals surface area contributed by atoms with Crippen molar-refractivity contribution in [2.75, 3.05) is 11.9 Å². The van der Waals surface area contributed by atoms with Crippen LogP contribution in [0, 0.1) is 17.0 Å². The van der Waals surface area contributed by atoms with Gasteiger partial charge in [-0.1, -0.05) is 18.9 Å². The van der Waals surface area contributed by atoms with E-state index in [-0.39, 0.29) is 12.2 Å². The molecule has 114 valence electrons. The third kappa shape index (κ3) is 3.91. The molecular formula is C14H19N3O4. The van der Waals surface area contributed by atoms with Gasteiger partial charge < -0.3 is 15.7 Å². The fraction of sp³-hybridized carbons (Fsp3) is 0.500. The summed E-state index contributed by atoms with van der Waals surface area (Å²) in [5.74, 6) is 0. The summed E-state index contributed by atoms with van der Waals surface area (Å²) >= 11 is 0. The Morgan fingerprint density at radius 3 is 2.71 bits per heavy atom. The van der Waals surface area contributed by atoms with Crippen molar-refractivity contribution in [1.82, 2.24) is 5.32 Å². The van der Waals surface area contributed by atoms with Crippen LogP contribution in [-0.4, -0.2) is 28.2 Å². The highest BCUT2D eigenvalue weighted by molar-refractivity contribution is 5.90. The van der Waals surface area contributed by atoms with Crippen LogP contribution in [0.2, 0.25) is 0 Å². The van der Waals surface area contributed by atoms with Gasteiger partial charge in [0, 0.05) is 18.7 Å². The highest BCUT2D eigenvalue weighted by atomic mass is 16.6. The Bertz CT molecular complexity index is 553. The van der Waals surface area contributed by atoms with Crippen molar-refractivity contribution in [2.45, 2.75) is 38.2 Å². The fourth-order valence-electron chi connectivity index (χ4n) is 2.48. The Balaban J connectivity index is 1.96. The lowest BCUT2D eigenvalue weighted by Crippen LogP contribution is -2.42. The molecule has 0 saturated heterocycles. The molecule has 0 aromatic heterocycles. The summed E-state index contributed by atoms with van der Waals surface area (Å²) in [4.78, 5) is 22.1. The Labute approximate surface area is 122 Å². The van der Waals surface area contributed by atoms with Crippen molar-refractivity contribution in [3.63, 3.8) is 0 Å². The molecule has 0 bridgehead atoms. The molecule has 0 aliphatic heterocycles. The Morgan fingerprint density at radius 1 is 1.43 bits per heavy atom. The van der Waals surface area contributed by atoms with Crippen LogP contribution in [0.5, 0.6) is 0 Å². The quantitative estimate of drug-likeness (QED) is 0.585. The molecule has 2 rings (SSSR count). The van der Waals surface area contributed by atoms with Crippen molar-refractivity contribution in [3.05, 3.63) is 33.9 Å². The highest BCUT2D eigenvalue weighted by Gasteiger charge is 2.31. The van der Waals surface area contributed by atoms with Crippen LogP contribution in [0.1, 0.15) is 31.2 Å². The van der Waals surface area contributed by atoms with Gasteiger partial charge in [-0.05, 0) is 25.3 Å². The van der Waals surface area contributed by atoms with E-state index in [4.69, 9.17) is 0 Å². The molecule has 7 nitrogen and oxygen atoms in total.